The number of ether oxygens (including phenoxy) is 1. The second-order valence-electron chi connectivity index (χ2n) is 6.25. The summed E-state index contributed by atoms with van der Waals surface area (Å²) in [7, 11) is 0. The van der Waals surface area contributed by atoms with Crippen molar-refractivity contribution in [2.45, 2.75) is 32.8 Å². The number of nitrogens with zero attached hydrogens (tertiary/aromatic N) is 3. The number of nitro groups is 1. The minimum absolute atomic E-state index is 0.0252. The highest BCUT2D eigenvalue weighted by atomic mass is 16.6. The molecule has 0 aliphatic carbocycles. The molecule has 1 unspecified atom stereocenters. The van der Waals surface area contributed by atoms with Gasteiger partial charge in [0, 0.05) is 11.8 Å². The molecule has 2 heterocycles. The first kappa shape index (κ1) is 19.3. The topological polar surface area (TPSA) is 115 Å². The van der Waals surface area contributed by atoms with Gasteiger partial charge in [0.05, 0.1) is 0 Å². The van der Waals surface area contributed by atoms with Crippen molar-refractivity contribution in [3.8, 4) is 5.75 Å². The molecule has 1 aliphatic heterocycles. The lowest BCUT2D eigenvalue weighted by molar-refractivity contribution is -0.389. The van der Waals surface area contributed by atoms with E-state index in [-0.39, 0.29) is 18.1 Å². The normalized spacial score (nSPS) is 15.6. The molecule has 1 aromatic heterocycles. The maximum absolute atomic E-state index is 12.7. The fourth-order valence-electron chi connectivity index (χ4n) is 2.99. The first-order valence-electron chi connectivity index (χ1n) is 8.95. The third-order valence-corrected chi connectivity index (χ3v) is 4.42. The number of hydrogen-bond donors (Lipinski definition) is 1. The van der Waals surface area contributed by atoms with Gasteiger partial charge in [-0.15, -0.1) is 0 Å². The number of rotatable bonds is 6. The number of pyridine rings is 1. The molecule has 28 heavy (non-hydrogen) atoms. The minimum atomic E-state index is -0.772. The monoisotopic (exact) mass is 384 g/mol. The molecular formula is C19H20N4O5. The largest absolute Gasteiger partial charge is 0.474 e. The molecule has 146 valence electrons. The van der Waals surface area contributed by atoms with Gasteiger partial charge in [-0.25, -0.2) is 0 Å². The van der Waals surface area contributed by atoms with Gasteiger partial charge in [-0.05, 0) is 40.4 Å². The van der Waals surface area contributed by atoms with E-state index in [9.17, 15) is 19.7 Å². The van der Waals surface area contributed by atoms with Crippen molar-refractivity contribution in [2.75, 3.05) is 16.8 Å². The SMILES string of the molecule is CCc1ccccc1NC(=O)CN1C(=O)C(CC)Oc2ccc([N+](=O)[O-])nc21. The number of amides is 2. The maximum Gasteiger partial charge on any atom is 0.366 e. The Kier molecular flexibility index (Phi) is 5.53. The number of aromatic nitrogens is 1. The van der Waals surface area contributed by atoms with Gasteiger partial charge in [0.1, 0.15) is 6.54 Å². The second kappa shape index (κ2) is 8.03. The molecule has 1 aromatic carbocycles. The quantitative estimate of drug-likeness (QED) is 0.605. The van der Waals surface area contributed by atoms with Crippen LogP contribution in [0, 0.1) is 10.1 Å². The molecule has 3 rings (SSSR count). The maximum atomic E-state index is 12.7. The number of hydrogen-bond acceptors (Lipinski definition) is 6. The van der Waals surface area contributed by atoms with Crippen LogP contribution in [0.3, 0.4) is 0 Å². The van der Waals surface area contributed by atoms with E-state index in [1.807, 2.05) is 25.1 Å². The average Bonchev–Trinajstić information content (AvgIpc) is 2.69. The lowest BCUT2D eigenvalue weighted by atomic mass is 10.1. The van der Waals surface area contributed by atoms with Crippen molar-refractivity contribution in [3.05, 3.63) is 52.1 Å². The van der Waals surface area contributed by atoms with Gasteiger partial charge in [0.2, 0.25) is 5.91 Å². The van der Waals surface area contributed by atoms with E-state index in [2.05, 4.69) is 10.3 Å². The zero-order valence-electron chi connectivity index (χ0n) is 15.5. The van der Waals surface area contributed by atoms with Crippen LogP contribution in [0.15, 0.2) is 36.4 Å². The van der Waals surface area contributed by atoms with Crippen molar-refractivity contribution in [1.29, 1.82) is 0 Å². The van der Waals surface area contributed by atoms with E-state index in [1.165, 1.54) is 12.1 Å². The van der Waals surface area contributed by atoms with E-state index in [0.29, 0.717) is 12.1 Å². The molecule has 0 radical (unpaired) electrons. The minimum Gasteiger partial charge on any atom is -0.474 e. The molecule has 0 saturated heterocycles. The first-order chi connectivity index (χ1) is 13.4. The Morgan fingerprint density at radius 1 is 1.29 bits per heavy atom. The molecule has 0 fully saturated rings. The molecule has 9 nitrogen and oxygen atoms in total. The molecule has 2 aromatic rings. The molecule has 0 saturated carbocycles. The summed E-state index contributed by atoms with van der Waals surface area (Å²) in [6.07, 6.45) is 0.361. The molecule has 9 heteroatoms. The number of nitrogens with one attached hydrogen (secondary N) is 1. The smallest absolute Gasteiger partial charge is 0.366 e. The number of carbonyl (C=O) groups excluding carboxylic acids is 2. The van der Waals surface area contributed by atoms with Crippen molar-refractivity contribution in [3.63, 3.8) is 0 Å². The fraction of sp³-hybridized carbons (Fsp3) is 0.316. The Bertz CT molecular complexity index is 930. The van der Waals surface area contributed by atoms with Gasteiger partial charge in [-0.3, -0.25) is 14.5 Å². The van der Waals surface area contributed by atoms with Gasteiger partial charge in [-0.2, -0.15) is 0 Å². The van der Waals surface area contributed by atoms with E-state index in [0.717, 1.165) is 16.9 Å². The number of carbonyl (C=O) groups is 2. The van der Waals surface area contributed by atoms with Gasteiger partial charge in [0.25, 0.3) is 11.7 Å². The summed E-state index contributed by atoms with van der Waals surface area (Å²) in [6, 6.07) is 9.98. The van der Waals surface area contributed by atoms with E-state index >= 15 is 0 Å². The number of benzene rings is 1. The van der Waals surface area contributed by atoms with Crippen LogP contribution in [0.1, 0.15) is 25.8 Å². The molecule has 2 amide bonds. The van der Waals surface area contributed by atoms with E-state index in [1.54, 1.807) is 13.0 Å². The Morgan fingerprint density at radius 2 is 2.04 bits per heavy atom. The molecule has 1 atom stereocenters. The Balaban J connectivity index is 1.89. The van der Waals surface area contributed by atoms with Gasteiger partial charge in [-0.1, -0.05) is 32.0 Å². The van der Waals surface area contributed by atoms with Gasteiger partial charge in [0.15, 0.2) is 11.9 Å². The predicted molar refractivity (Wildman–Crippen MR) is 102 cm³/mol. The number of para-hydroxylation sites is 1. The average molecular weight is 384 g/mol. The summed E-state index contributed by atoms with van der Waals surface area (Å²) in [5.41, 5.74) is 1.62. The highest BCUT2D eigenvalue weighted by Crippen LogP contribution is 2.34. The lowest BCUT2D eigenvalue weighted by Gasteiger charge is -2.30. The van der Waals surface area contributed by atoms with Crippen LogP contribution < -0.4 is 15.0 Å². The number of anilines is 2. The van der Waals surface area contributed by atoms with Crippen LogP contribution >= 0.6 is 0 Å². The van der Waals surface area contributed by atoms with Crippen LogP contribution in [0.4, 0.5) is 17.3 Å². The highest BCUT2D eigenvalue weighted by Gasteiger charge is 2.39. The van der Waals surface area contributed by atoms with Gasteiger partial charge >= 0.3 is 5.82 Å². The molecular weight excluding hydrogens is 364 g/mol. The van der Waals surface area contributed by atoms with Crippen LogP contribution in [-0.4, -0.2) is 34.4 Å². The summed E-state index contributed by atoms with van der Waals surface area (Å²) in [4.78, 5) is 40.8. The molecule has 1 aliphatic rings. The third kappa shape index (κ3) is 3.78. The second-order valence-corrected chi connectivity index (χ2v) is 6.25. The Labute approximate surface area is 161 Å². The van der Waals surface area contributed by atoms with Crippen molar-refractivity contribution < 1.29 is 19.2 Å². The van der Waals surface area contributed by atoms with E-state index in [4.69, 9.17) is 4.74 Å². The molecule has 1 N–H and O–H groups in total. The third-order valence-electron chi connectivity index (χ3n) is 4.42. The highest BCUT2D eigenvalue weighted by molar-refractivity contribution is 6.05. The fourth-order valence-corrected chi connectivity index (χ4v) is 2.99. The number of fused-ring (bicyclic) bond motifs is 1. The number of aryl methyl sites for hydroxylation is 1. The standard InChI is InChI=1S/C19H20N4O5/c1-3-12-7-5-6-8-13(12)20-17(24)11-22-18-15(28-14(4-2)19(22)25)9-10-16(21-18)23(26)27/h5-10,14H,3-4,11H2,1-2H3,(H,20,24). The molecule has 0 bridgehead atoms. The summed E-state index contributed by atoms with van der Waals surface area (Å²) < 4.78 is 5.59. The van der Waals surface area contributed by atoms with Gasteiger partial charge < -0.3 is 20.2 Å². The Hall–Kier alpha value is -3.49. The zero-order chi connectivity index (χ0) is 20.3. The van der Waals surface area contributed by atoms with Crippen LogP contribution in [0.2, 0.25) is 0 Å². The van der Waals surface area contributed by atoms with Crippen LogP contribution in [0.5, 0.6) is 5.75 Å². The van der Waals surface area contributed by atoms with Crippen LogP contribution in [-0.2, 0) is 16.0 Å². The summed E-state index contributed by atoms with van der Waals surface area (Å²) in [5.74, 6) is -1.10. The predicted octanol–water partition coefficient (Wildman–Crippen LogP) is 2.69. The lowest BCUT2D eigenvalue weighted by Crippen LogP contribution is -2.49. The van der Waals surface area contributed by atoms with Crippen molar-refractivity contribution >= 4 is 29.1 Å². The Morgan fingerprint density at radius 3 is 2.71 bits per heavy atom. The van der Waals surface area contributed by atoms with Crippen molar-refractivity contribution in [1.82, 2.24) is 4.98 Å². The molecule has 0 spiro atoms. The van der Waals surface area contributed by atoms with Crippen molar-refractivity contribution in [2.24, 2.45) is 0 Å². The summed E-state index contributed by atoms with van der Waals surface area (Å²) in [5, 5.41) is 13.8. The summed E-state index contributed by atoms with van der Waals surface area (Å²) in [6.45, 7) is 3.43. The zero-order valence-corrected chi connectivity index (χ0v) is 15.5. The van der Waals surface area contributed by atoms with E-state index < -0.39 is 28.7 Å². The first-order valence-corrected chi connectivity index (χ1v) is 8.95. The van der Waals surface area contributed by atoms with Crippen LogP contribution in [0.25, 0.3) is 0 Å². The summed E-state index contributed by atoms with van der Waals surface area (Å²) >= 11 is 0.